The number of thioether (sulfide) groups is 1. The van der Waals surface area contributed by atoms with Crippen molar-refractivity contribution in [3.8, 4) is 11.5 Å². The predicted octanol–water partition coefficient (Wildman–Crippen LogP) is 4.15. The van der Waals surface area contributed by atoms with Crippen LogP contribution in [0.3, 0.4) is 0 Å². The van der Waals surface area contributed by atoms with Gasteiger partial charge in [0.05, 0.1) is 24.7 Å². The number of hydrogen-bond acceptors (Lipinski definition) is 8. The Labute approximate surface area is 224 Å². The number of carbonyl (C=O) groups excluding carboxylic acids is 1. The molecule has 0 unspecified atom stereocenters. The number of pyridine rings is 1. The number of methoxy groups -OCH3 is 2. The lowest BCUT2D eigenvalue weighted by atomic mass is 10.1. The molecule has 2 saturated heterocycles. The summed E-state index contributed by atoms with van der Waals surface area (Å²) in [4.78, 5) is 35.9. The highest BCUT2D eigenvalue weighted by Gasteiger charge is 2.33. The van der Waals surface area contributed by atoms with Crippen molar-refractivity contribution in [3.63, 3.8) is 0 Å². The van der Waals surface area contributed by atoms with Gasteiger partial charge in [-0.3, -0.25) is 18.9 Å². The number of hydrogen-bond donors (Lipinski definition) is 0. The molecular weight excluding hydrogens is 508 g/mol. The van der Waals surface area contributed by atoms with Crippen LogP contribution in [0.2, 0.25) is 0 Å². The molecule has 0 saturated carbocycles. The lowest BCUT2D eigenvalue weighted by Crippen LogP contribution is -2.33. The predicted molar refractivity (Wildman–Crippen MR) is 151 cm³/mol. The standard InChI is InChI=1S/C27H28N4O4S2/c1-34-20-10-9-18(16-21(20)35-2)11-15-31-26(33)22(37-27(31)36)17-19-24(29-12-5-3-6-13-29)28-23-8-4-7-14-30(23)25(19)32/h4,7-10,14,16-17H,3,5-6,11-13,15H2,1-2H3. The molecule has 0 aliphatic carbocycles. The Kier molecular flexibility index (Phi) is 7.48. The Morgan fingerprint density at radius 3 is 2.59 bits per heavy atom. The summed E-state index contributed by atoms with van der Waals surface area (Å²) < 4.78 is 12.7. The summed E-state index contributed by atoms with van der Waals surface area (Å²) in [5, 5.41) is 0. The van der Waals surface area contributed by atoms with Crippen molar-refractivity contribution in [3.05, 3.63) is 69.0 Å². The van der Waals surface area contributed by atoms with Crippen molar-refractivity contribution >= 4 is 51.7 Å². The van der Waals surface area contributed by atoms with Gasteiger partial charge in [0, 0.05) is 25.8 Å². The number of rotatable bonds is 7. The minimum atomic E-state index is -0.197. The second kappa shape index (κ2) is 10.9. The summed E-state index contributed by atoms with van der Waals surface area (Å²) in [5.41, 5.74) is 1.82. The summed E-state index contributed by atoms with van der Waals surface area (Å²) in [6, 6.07) is 11.2. The first-order chi connectivity index (χ1) is 18.0. The average molecular weight is 537 g/mol. The molecule has 1 aromatic carbocycles. The van der Waals surface area contributed by atoms with Gasteiger partial charge >= 0.3 is 0 Å². The van der Waals surface area contributed by atoms with Gasteiger partial charge in [0.1, 0.15) is 15.8 Å². The summed E-state index contributed by atoms with van der Waals surface area (Å²) in [5.74, 6) is 1.73. The van der Waals surface area contributed by atoms with Crippen molar-refractivity contribution in [1.82, 2.24) is 14.3 Å². The molecule has 8 nitrogen and oxygen atoms in total. The topological polar surface area (TPSA) is 76.4 Å². The van der Waals surface area contributed by atoms with Crippen LogP contribution >= 0.6 is 24.0 Å². The number of nitrogens with zero attached hydrogens (tertiary/aromatic N) is 4. The number of benzene rings is 1. The molecule has 2 aliphatic rings. The Morgan fingerprint density at radius 1 is 1.05 bits per heavy atom. The Hall–Kier alpha value is -3.37. The molecule has 1 amide bonds. The maximum absolute atomic E-state index is 13.5. The molecule has 2 aliphatic heterocycles. The summed E-state index contributed by atoms with van der Waals surface area (Å²) in [7, 11) is 3.19. The van der Waals surface area contributed by atoms with E-state index in [4.69, 9.17) is 26.7 Å². The van der Waals surface area contributed by atoms with E-state index in [1.54, 1.807) is 37.5 Å². The zero-order chi connectivity index (χ0) is 25.9. The molecule has 0 atom stereocenters. The van der Waals surface area contributed by atoms with Gasteiger partial charge in [-0.1, -0.05) is 36.1 Å². The Bertz CT molecular complexity index is 1450. The van der Waals surface area contributed by atoms with Crippen LogP contribution in [0.25, 0.3) is 11.7 Å². The van der Waals surface area contributed by atoms with Crippen molar-refractivity contribution in [2.45, 2.75) is 25.7 Å². The number of thiocarbonyl (C=S) groups is 1. The van der Waals surface area contributed by atoms with Crippen LogP contribution in [0, 0.1) is 0 Å². The zero-order valence-electron chi connectivity index (χ0n) is 20.8. The highest BCUT2D eigenvalue weighted by molar-refractivity contribution is 8.26. The number of anilines is 1. The molecule has 192 valence electrons. The molecule has 2 aromatic heterocycles. The van der Waals surface area contributed by atoms with Crippen LogP contribution in [0.5, 0.6) is 11.5 Å². The van der Waals surface area contributed by atoms with Crippen LogP contribution in [0.4, 0.5) is 5.82 Å². The van der Waals surface area contributed by atoms with Crippen LogP contribution in [0.1, 0.15) is 30.4 Å². The molecule has 0 N–H and O–H groups in total. The fourth-order valence-corrected chi connectivity index (χ4v) is 5.96. The average Bonchev–Trinajstić information content (AvgIpc) is 3.20. The van der Waals surface area contributed by atoms with Gasteiger partial charge in [0.25, 0.3) is 11.5 Å². The molecule has 0 bridgehead atoms. The van der Waals surface area contributed by atoms with Crippen LogP contribution in [-0.2, 0) is 11.2 Å². The highest BCUT2D eigenvalue weighted by Crippen LogP contribution is 2.34. The van der Waals surface area contributed by atoms with E-state index in [0.717, 1.165) is 37.9 Å². The van der Waals surface area contributed by atoms with Gasteiger partial charge in [0.2, 0.25) is 0 Å². The number of fused-ring (bicyclic) bond motifs is 1. The second-order valence-corrected chi connectivity index (χ2v) is 10.6. The zero-order valence-corrected chi connectivity index (χ0v) is 22.4. The maximum Gasteiger partial charge on any atom is 0.267 e. The van der Waals surface area contributed by atoms with Gasteiger partial charge < -0.3 is 14.4 Å². The van der Waals surface area contributed by atoms with Gasteiger partial charge in [-0.2, -0.15) is 0 Å². The first kappa shape index (κ1) is 25.3. The van der Waals surface area contributed by atoms with Gasteiger partial charge in [-0.15, -0.1) is 0 Å². The van der Waals surface area contributed by atoms with E-state index in [-0.39, 0.29) is 11.5 Å². The number of piperidine rings is 1. The van der Waals surface area contributed by atoms with Crippen LogP contribution in [0.15, 0.2) is 52.3 Å². The Morgan fingerprint density at radius 2 is 1.84 bits per heavy atom. The summed E-state index contributed by atoms with van der Waals surface area (Å²) in [6.07, 6.45) is 7.24. The fourth-order valence-electron chi connectivity index (χ4n) is 4.67. The monoisotopic (exact) mass is 536 g/mol. The van der Waals surface area contributed by atoms with E-state index in [9.17, 15) is 9.59 Å². The number of aromatic nitrogens is 2. The van der Waals surface area contributed by atoms with Crippen molar-refractivity contribution in [2.24, 2.45) is 0 Å². The maximum atomic E-state index is 13.5. The minimum Gasteiger partial charge on any atom is -0.493 e. The first-order valence-electron chi connectivity index (χ1n) is 12.2. The molecule has 3 aromatic rings. The molecule has 0 spiro atoms. The molecule has 5 rings (SSSR count). The molecule has 37 heavy (non-hydrogen) atoms. The molecule has 10 heteroatoms. The second-order valence-electron chi connectivity index (χ2n) is 8.90. The summed E-state index contributed by atoms with van der Waals surface area (Å²) >= 11 is 6.78. The van der Waals surface area contributed by atoms with Crippen molar-refractivity contribution in [1.29, 1.82) is 0 Å². The van der Waals surface area contributed by atoms with Crippen LogP contribution in [-0.4, -0.2) is 58.4 Å². The van der Waals surface area contributed by atoms with E-state index in [1.807, 2.05) is 30.3 Å². The molecule has 4 heterocycles. The first-order valence-corrected chi connectivity index (χ1v) is 13.4. The van der Waals surface area contributed by atoms with E-state index in [2.05, 4.69) is 4.90 Å². The number of ether oxygens (including phenoxy) is 2. The highest BCUT2D eigenvalue weighted by atomic mass is 32.2. The molecule has 0 radical (unpaired) electrons. The smallest absolute Gasteiger partial charge is 0.267 e. The number of amides is 1. The Balaban J connectivity index is 1.44. The fraction of sp³-hybridized carbons (Fsp3) is 0.333. The normalized spacial score (nSPS) is 17.2. The van der Waals surface area contributed by atoms with E-state index >= 15 is 0 Å². The van der Waals surface area contributed by atoms with E-state index in [1.165, 1.54) is 16.2 Å². The quantitative estimate of drug-likeness (QED) is 0.329. The van der Waals surface area contributed by atoms with Gasteiger partial charge in [-0.25, -0.2) is 4.98 Å². The lowest BCUT2D eigenvalue weighted by molar-refractivity contribution is -0.122. The third-order valence-electron chi connectivity index (χ3n) is 6.63. The third kappa shape index (κ3) is 5.08. The van der Waals surface area contributed by atoms with E-state index in [0.29, 0.717) is 50.7 Å². The van der Waals surface area contributed by atoms with Crippen molar-refractivity contribution in [2.75, 3.05) is 38.8 Å². The van der Waals surface area contributed by atoms with Crippen molar-refractivity contribution < 1.29 is 14.3 Å². The van der Waals surface area contributed by atoms with Gasteiger partial charge in [0.15, 0.2) is 11.5 Å². The molecule has 2 fully saturated rings. The number of carbonyl (C=O) groups is 1. The SMILES string of the molecule is COc1ccc(CCN2C(=O)C(=Cc3c(N4CCCCC4)nc4ccccn4c3=O)SC2=S)cc1OC. The van der Waals surface area contributed by atoms with E-state index < -0.39 is 0 Å². The van der Waals surface area contributed by atoms with Crippen LogP contribution < -0.4 is 19.9 Å². The summed E-state index contributed by atoms with van der Waals surface area (Å²) in [6.45, 7) is 2.09. The largest absolute Gasteiger partial charge is 0.493 e. The third-order valence-corrected chi connectivity index (χ3v) is 8.00. The minimum absolute atomic E-state index is 0.193. The molecular formula is C27H28N4O4S2. The lowest BCUT2D eigenvalue weighted by Gasteiger charge is -2.29. The van der Waals surface area contributed by atoms with Gasteiger partial charge in [-0.05, 0) is 61.6 Å².